The first-order chi connectivity index (χ1) is 6.66. The third-order valence-corrected chi connectivity index (χ3v) is 4.07. The zero-order valence-corrected chi connectivity index (χ0v) is 9.20. The molecule has 0 spiro atoms. The van der Waals surface area contributed by atoms with Gasteiger partial charge in [0.2, 0.25) is 0 Å². The minimum absolute atomic E-state index is 0.189. The molecule has 1 atom stereocenters. The third-order valence-electron chi connectivity index (χ3n) is 2.60. The summed E-state index contributed by atoms with van der Waals surface area (Å²) in [4.78, 5) is 11.9. The highest BCUT2D eigenvalue weighted by atomic mass is 35.5. The van der Waals surface area contributed by atoms with Gasteiger partial charge in [0.1, 0.15) is 0 Å². The molecule has 0 radical (unpaired) electrons. The molecule has 1 aliphatic carbocycles. The lowest BCUT2D eigenvalue weighted by atomic mass is 9.87. The number of carboxylic acid groups (broad SMARTS) is 1. The minimum atomic E-state index is -0.715. The van der Waals surface area contributed by atoms with Crippen LogP contribution in [0.4, 0.5) is 0 Å². The first-order valence-electron chi connectivity index (χ1n) is 4.66. The molecule has 0 saturated heterocycles. The highest BCUT2D eigenvalue weighted by Gasteiger charge is 2.24. The van der Waals surface area contributed by atoms with Crippen LogP contribution in [0.15, 0.2) is 6.07 Å². The Balaban J connectivity index is 2.25. The van der Waals surface area contributed by atoms with Gasteiger partial charge >= 0.3 is 5.97 Å². The second kappa shape index (κ2) is 3.91. The molecule has 1 aromatic rings. The van der Waals surface area contributed by atoms with Crippen LogP contribution in [-0.2, 0) is 11.2 Å². The number of aliphatic carboxylic acids is 1. The fourth-order valence-electron chi connectivity index (χ4n) is 2.02. The van der Waals surface area contributed by atoms with Crippen molar-refractivity contribution in [3.63, 3.8) is 0 Å². The molecule has 2 rings (SSSR count). The molecule has 1 aliphatic rings. The fourth-order valence-corrected chi connectivity index (χ4v) is 3.48. The van der Waals surface area contributed by atoms with Crippen molar-refractivity contribution in [2.45, 2.75) is 31.6 Å². The predicted octanol–water partition coefficient (Wildman–Crippen LogP) is 3.30. The van der Waals surface area contributed by atoms with Gasteiger partial charge in [0.15, 0.2) is 0 Å². The summed E-state index contributed by atoms with van der Waals surface area (Å²) >= 11 is 7.47. The van der Waals surface area contributed by atoms with Gasteiger partial charge < -0.3 is 5.11 Å². The highest BCUT2D eigenvalue weighted by Crippen LogP contribution is 2.41. The van der Waals surface area contributed by atoms with Crippen molar-refractivity contribution in [3.05, 3.63) is 20.8 Å². The van der Waals surface area contributed by atoms with E-state index in [1.807, 2.05) is 6.07 Å². The molecule has 1 N–H and O–H groups in total. The number of fused-ring (bicyclic) bond motifs is 1. The number of thiophene rings is 1. The summed E-state index contributed by atoms with van der Waals surface area (Å²) in [5.41, 5.74) is 1.26. The predicted molar refractivity (Wildman–Crippen MR) is 57.3 cm³/mol. The number of carbonyl (C=O) groups is 1. The average molecular weight is 231 g/mol. The van der Waals surface area contributed by atoms with Crippen molar-refractivity contribution in [1.29, 1.82) is 0 Å². The standard InChI is InChI=1S/C10H11ClO2S/c11-8-4-6-2-1-3-7(5-9(12)13)10(6)14-8/h4,7H,1-3,5H2,(H,12,13). The first kappa shape index (κ1) is 9.99. The van der Waals surface area contributed by atoms with Crippen LogP contribution in [0, 0.1) is 0 Å². The molecule has 0 aliphatic heterocycles. The average Bonchev–Trinajstić information content (AvgIpc) is 2.45. The molecule has 14 heavy (non-hydrogen) atoms. The second-order valence-corrected chi connectivity index (χ2v) is 5.34. The van der Waals surface area contributed by atoms with Gasteiger partial charge in [0.25, 0.3) is 0 Å². The molecule has 0 amide bonds. The largest absolute Gasteiger partial charge is 0.481 e. The van der Waals surface area contributed by atoms with Crippen LogP contribution in [0.5, 0.6) is 0 Å². The van der Waals surface area contributed by atoms with Gasteiger partial charge in [0, 0.05) is 10.8 Å². The molecular weight excluding hydrogens is 220 g/mol. The Bertz CT molecular complexity index is 359. The molecule has 1 unspecified atom stereocenters. The van der Waals surface area contributed by atoms with E-state index in [4.69, 9.17) is 16.7 Å². The molecule has 76 valence electrons. The maximum absolute atomic E-state index is 10.7. The SMILES string of the molecule is O=C(O)CC1CCCc2cc(Cl)sc21. The summed E-state index contributed by atoms with van der Waals surface area (Å²) in [5.74, 6) is -0.527. The van der Waals surface area contributed by atoms with Crippen LogP contribution in [0.3, 0.4) is 0 Å². The van der Waals surface area contributed by atoms with Crippen molar-refractivity contribution in [3.8, 4) is 0 Å². The third kappa shape index (κ3) is 1.93. The summed E-state index contributed by atoms with van der Waals surface area (Å²) in [6.07, 6.45) is 3.35. The summed E-state index contributed by atoms with van der Waals surface area (Å²) in [6.45, 7) is 0. The van der Waals surface area contributed by atoms with E-state index < -0.39 is 5.97 Å². The summed E-state index contributed by atoms with van der Waals surface area (Å²) in [7, 11) is 0. The Morgan fingerprint density at radius 3 is 3.21 bits per heavy atom. The quantitative estimate of drug-likeness (QED) is 0.847. The molecule has 1 aromatic heterocycles. The normalized spacial score (nSPS) is 20.5. The number of carboxylic acids is 1. The zero-order chi connectivity index (χ0) is 10.1. The lowest BCUT2D eigenvalue weighted by Crippen LogP contribution is -2.11. The van der Waals surface area contributed by atoms with Crippen LogP contribution in [0.25, 0.3) is 0 Å². The first-order valence-corrected chi connectivity index (χ1v) is 5.86. The van der Waals surface area contributed by atoms with Crippen molar-refractivity contribution < 1.29 is 9.90 Å². The smallest absolute Gasteiger partial charge is 0.303 e. The number of hydrogen-bond acceptors (Lipinski definition) is 2. The zero-order valence-electron chi connectivity index (χ0n) is 7.62. The number of hydrogen-bond donors (Lipinski definition) is 1. The van der Waals surface area contributed by atoms with E-state index >= 15 is 0 Å². The molecular formula is C10H11ClO2S. The number of halogens is 1. The molecule has 2 nitrogen and oxygen atoms in total. The molecule has 4 heteroatoms. The molecule has 0 fully saturated rings. The van der Waals surface area contributed by atoms with Crippen molar-refractivity contribution in [2.75, 3.05) is 0 Å². The van der Waals surface area contributed by atoms with E-state index in [-0.39, 0.29) is 12.3 Å². The van der Waals surface area contributed by atoms with Gasteiger partial charge in [0.05, 0.1) is 10.8 Å². The van der Waals surface area contributed by atoms with E-state index in [1.165, 1.54) is 10.4 Å². The minimum Gasteiger partial charge on any atom is -0.481 e. The van der Waals surface area contributed by atoms with Crippen LogP contribution in [0.2, 0.25) is 4.34 Å². The lowest BCUT2D eigenvalue weighted by molar-refractivity contribution is -0.137. The van der Waals surface area contributed by atoms with Gasteiger partial charge in [-0.2, -0.15) is 0 Å². The Kier molecular flexibility index (Phi) is 2.79. The number of aryl methyl sites for hydroxylation is 1. The van der Waals surface area contributed by atoms with Gasteiger partial charge in [-0.1, -0.05) is 11.6 Å². The maximum atomic E-state index is 10.7. The lowest BCUT2D eigenvalue weighted by Gasteiger charge is -2.20. The van der Waals surface area contributed by atoms with Crippen molar-refractivity contribution in [2.24, 2.45) is 0 Å². The number of rotatable bonds is 2. The fraction of sp³-hybridized carbons (Fsp3) is 0.500. The van der Waals surface area contributed by atoms with E-state index in [1.54, 1.807) is 11.3 Å². The molecule has 0 aromatic carbocycles. The maximum Gasteiger partial charge on any atom is 0.303 e. The van der Waals surface area contributed by atoms with Gasteiger partial charge in [-0.3, -0.25) is 4.79 Å². The Hall–Kier alpha value is -0.540. The Morgan fingerprint density at radius 2 is 2.50 bits per heavy atom. The molecule has 0 saturated carbocycles. The molecule has 1 heterocycles. The molecule has 0 bridgehead atoms. The summed E-state index contributed by atoms with van der Waals surface area (Å²) in [5, 5.41) is 8.77. The van der Waals surface area contributed by atoms with Crippen LogP contribution >= 0.6 is 22.9 Å². The summed E-state index contributed by atoms with van der Waals surface area (Å²) in [6, 6.07) is 1.98. The van der Waals surface area contributed by atoms with Crippen molar-refractivity contribution in [1.82, 2.24) is 0 Å². The second-order valence-electron chi connectivity index (χ2n) is 3.63. The van der Waals surface area contributed by atoms with Gasteiger partial charge in [-0.25, -0.2) is 0 Å². The highest BCUT2D eigenvalue weighted by molar-refractivity contribution is 7.16. The van der Waals surface area contributed by atoms with Crippen LogP contribution in [-0.4, -0.2) is 11.1 Å². The Labute approximate surface area is 91.5 Å². The van der Waals surface area contributed by atoms with E-state index in [0.717, 1.165) is 23.6 Å². The van der Waals surface area contributed by atoms with Crippen molar-refractivity contribution >= 4 is 28.9 Å². The monoisotopic (exact) mass is 230 g/mol. The van der Waals surface area contributed by atoms with Gasteiger partial charge in [-0.05, 0) is 30.9 Å². The van der Waals surface area contributed by atoms with E-state index in [0.29, 0.717) is 0 Å². The topological polar surface area (TPSA) is 37.3 Å². The van der Waals surface area contributed by atoms with E-state index in [2.05, 4.69) is 0 Å². The van der Waals surface area contributed by atoms with Crippen LogP contribution in [0.1, 0.15) is 35.6 Å². The Morgan fingerprint density at radius 1 is 1.71 bits per heavy atom. The van der Waals surface area contributed by atoms with E-state index in [9.17, 15) is 4.79 Å². The summed E-state index contributed by atoms with van der Waals surface area (Å²) < 4.78 is 0.785. The van der Waals surface area contributed by atoms with Gasteiger partial charge in [-0.15, -0.1) is 11.3 Å². The van der Waals surface area contributed by atoms with Crippen LogP contribution < -0.4 is 0 Å².